The molecule has 0 spiro atoms. The Bertz CT molecular complexity index is 561. The van der Waals surface area contributed by atoms with E-state index >= 15 is 0 Å². The first kappa shape index (κ1) is 14.8. The number of hydrogen-bond donors (Lipinski definition) is 1. The number of halogens is 1. The highest BCUT2D eigenvalue weighted by molar-refractivity contribution is 9.10. The van der Waals surface area contributed by atoms with Crippen LogP contribution in [0, 0.1) is 0 Å². The van der Waals surface area contributed by atoms with Gasteiger partial charge >= 0.3 is 0 Å². The summed E-state index contributed by atoms with van der Waals surface area (Å²) in [5.74, 6) is 0.359. The van der Waals surface area contributed by atoms with Crippen molar-refractivity contribution >= 4 is 33.4 Å². The summed E-state index contributed by atoms with van der Waals surface area (Å²) in [6.45, 7) is 3.63. The molecule has 1 aliphatic heterocycles. The van der Waals surface area contributed by atoms with E-state index in [4.69, 9.17) is 4.74 Å². The molecule has 1 fully saturated rings. The zero-order chi connectivity index (χ0) is 14.9. The Balaban J connectivity index is 2.45. The fourth-order valence-electron chi connectivity index (χ4n) is 2.17. The molecule has 2 amide bonds. The Morgan fingerprint density at radius 2 is 2.15 bits per heavy atom. The van der Waals surface area contributed by atoms with Gasteiger partial charge in [0.05, 0.1) is 12.8 Å². The van der Waals surface area contributed by atoms with Crippen LogP contribution < -0.4 is 15.0 Å². The molecule has 108 valence electrons. The lowest BCUT2D eigenvalue weighted by Crippen LogP contribution is -2.65. The molecule has 20 heavy (non-hydrogen) atoms. The van der Waals surface area contributed by atoms with Crippen LogP contribution in [0.3, 0.4) is 0 Å². The van der Waals surface area contributed by atoms with Gasteiger partial charge in [-0.15, -0.1) is 0 Å². The highest BCUT2D eigenvalue weighted by Gasteiger charge is 2.42. The third kappa shape index (κ3) is 2.52. The van der Waals surface area contributed by atoms with Crippen LogP contribution in [-0.2, 0) is 9.59 Å². The van der Waals surface area contributed by atoms with Crippen molar-refractivity contribution in [3.63, 3.8) is 0 Å². The first-order valence-electron chi connectivity index (χ1n) is 6.38. The average molecular weight is 341 g/mol. The molecule has 2 rings (SSSR count). The van der Waals surface area contributed by atoms with Crippen molar-refractivity contribution in [1.29, 1.82) is 0 Å². The minimum Gasteiger partial charge on any atom is -0.497 e. The third-order valence-corrected chi connectivity index (χ3v) is 4.26. The Hall–Kier alpha value is -1.56. The maximum absolute atomic E-state index is 12.6. The largest absolute Gasteiger partial charge is 0.497 e. The lowest BCUT2D eigenvalue weighted by Gasteiger charge is -2.39. The van der Waals surface area contributed by atoms with Gasteiger partial charge in [0.1, 0.15) is 17.8 Å². The number of amides is 2. The number of anilines is 1. The molecule has 6 heteroatoms. The molecule has 0 radical (unpaired) electrons. The van der Waals surface area contributed by atoms with Gasteiger partial charge in [-0.1, -0.05) is 6.92 Å². The summed E-state index contributed by atoms with van der Waals surface area (Å²) in [5.41, 5.74) is -0.221. The van der Waals surface area contributed by atoms with Crippen molar-refractivity contribution in [2.75, 3.05) is 18.6 Å². The Labute approximate surface area is 126 Å². The fourth-order valence-corrected chi connectivity index (χ4v) is 2.64. The number of ether oxygens (including phenoxy) is 1. The second-order valence-electron chi connectivity index (χ2n) is 4.94. The van der Waals surface area contributed by atoms with Crippen LogP contribution in [-0.4, -0.2) is 31.0 Å². The third-order valence-electron chi connectivity index (χ3n) is 3.59. The van der Waals surface area contributed by atoms with Gasteiger partial charge in [-0.05, 0) is 41.4 Å². The predicted octanol–water partition coefficient (Wildman–Crippen LogP) is 2.09. The summed E-state index contributed by atoms with van der Waals surface area (Å²) in [7, 11) is 1.56. The molecule has 0 saturated carbocycles. The maximum Gasteiger partial charge on any atom is 0.252 e. The van der Waals surface area contributed by atoms with Crippen molar-refractivity contribution < 1.29 is 14.3 Å². The van der Waals surface area contributed by atoms with E-state index in [1.807, 2.05) is 6.92 Å². The van der Waals surface area contributed by atoms with E-state index < -0.39 is 5.54 Å². The number of nitrogens with zero attached hydrogens (tertiary/aromatic N) is 1. The van der Waals surface area contributed by atoms with E-state index in [1.54, 1.807) is 32.2 Å². The minimum absolute atomic E-state index is 0.0141. The smallest absolute Gasteiger partial charge is 0.252 e. The monoisotopic (exact) mass is 340 g/mol. The van der Waals surface area contributed by atoms with Crippen LogP contribution in [0.2, 0.25) is 0 Å². The summed E-state index contributed by atoms with van der Waals surface area (Å²) in [5, 5.41) is 2.76. The highest BCUT2D eigenvalue weighted by Crippen LogP contribution is 2.33. The highest BCUT2D eigenvalue weighted by atomic mass is 79.9. The van der Waals surface area contributed by atoms with E-state index in [1.165, 1.54) is 4.90 Å². The second-order valence-corrected chi connectivity index (χ2v) is 5.80. The number of rotatable bonds is 3. The van der Waals surface area contributed by atoms with E-state index in [0.29, 0.717) is 17.9 Å². The number of piperazine rings is 1. The molecule has 1 aromatic rings. The lowest BCUT2D eigenvalue weighted by molar-refractivity contribution is -0.135. The van der Waals surface area contributed by atoms with Gasteiger partial charge in [0.25, 0.3) is 5.91 Å². The molecule has 1 unspecified atom stereocenters. The van der Waals surface area contributed by atoms with E-state index in [9.17, 15) is 9.59 Å². The van der Waals surface area contributed by atoms with Crippen molar-refractivity contribution in [3.8, 4) is 5.75 Å². The van der Waals surface area contributed by atoms with Gasteiger partial charge in [0.15, 0.2) is 0 Å². The topological polar surface area (TPSA) is 58.6 Å². The van der Waals surface area contributed by atoms with Crippen molar-refractivity contribution in [3.05, 3.63) is 22.7 Å². The number of hydrogen-bond acceptors (Lipinski definition) is 3. The molecule has 1 N–H and O–H groups in total. The number of carbonyl (C=O) groups excluding carboxylic acids is 2. The Morgan fingerprint density at radius 1 is 1.45 bits per heavy atom. The van der Waals surface area contributed by atoms with Crippen LogP contribution in [0.1, 0.15) is 20.3 Å². The van der Waals surface area contributed by atoms with Crippen LogP contribution >= 0.6 is 15.9 Å². The predicted molar refractivity (Wildman–Crippen MR) is 79.9 cm³/mol. The van der Waals surface area contributed by atoms with E-state index in [0.717, 1.165) is 4.47 Å². The SMILES string of the molecule is CCC1(C)NC(=O)CN(c2cc(OC)ccc2Br)C1=O. The number of benzene rings is 1. The number of methoxy groups -OCH3 is 1. The summed E-state index contributed by atoms with van der Waals surface area (Å²) < 4.78 is 5.93. The summed E-state index contributed by atoms with van der Waals surface area (Å²) >= 11 is 3.42. The lowest BCUT2D eigenvalue weighted by atomic mass is 9.94. The zero-order valence-electron chi connectivity index (χ0n) is 11.7. The Kier molecular flexibility index (Phi) is 4.04. The molecule has 1 atom stereocenters. The van der Waals surface area contributed by atoms with E-state index in [-0.39, 0.29) is 18.4 Å². The molecule has 0 bridgehead atoms. The van der Waals surface area contributed by atoms with Gasteiger partial charge in [0.2, 0.25) is 5.91 Å². The van der Waals surface area contributed by atoms with E-state index in [2.05, 4.69) is 21.2 Å². The molecule has 1 heterocycles. The zero-order valence-corrected chi connectivity index (χ0v) is 13.3. The fraction of sp³-hybridized carbons (Fsp3) is 0.429. The first-order valence-corrected chi connectivity index (χ1v) is 7.17. The number of nitrogens with one attached hydrogen (secondary N) is 1. The quantitative estimate of drug-likeness (QED) is 0.916. The van der Waals surface area contributed by atoms with Crippen molar-refractivity contribution in [2.24, 2.45) is 0 Å². The summed E-state index contributed by atoms with van der Waals surface area (Å²) in [6, 6.07) is 5.34. The average Bonchev–Trinajstić information content (AvgIpc) is 2.43. The summed E-state index contributed by atoms with van der Waals surface area (Å²) in [4.78, 5) is 26.0. The molecule has 1 aliphatic rings. The standard InChI is InChI=1S/C14H17BrN2O3/c1-4-14(2)13(19)17(8-12(18)16-14)11-7-9(20-3)5-6-10(11)15/h5-7H,4,8H2,1-3H3,(H,16,18). The first-order chi connectivity index (χ1) is 9.41. The molecular weight excluding hydrogens is 324 g/mol. The van der Waals surface area contributed by atoms with Crippen LogP contribution in [0.25, 0.3) is 0 Å². The van der Waals surface area contributed by atoms with Gasteiger partial charge in [-0.2, -0.15) is 0 Å². The second kappa shape index (κ2) is 5.44. The van der Waals surface area contributed by atoms with Crippen LogP contribution in [0.4, 0.5) is 5.69 Å². The molecule has 1 aromatic carbocycles. The number of carbonyl (C=O) groups is 2. The molecule has 0 aliphatic carbocycles. The summed E-state index contributed by atoms with van der Waals surface area (Å²) in [6.07, 6.45) is 0.537. The Morgan fingerprint density at radius 3 is 2.75 bits per heavy atom. The maximum atomic E-state index is 12.6. The van der Waals surface area contributed by atoms with Gasteiger partial charge < -0.3 is 10.1 Å². The molecular formula is C14H17BrN2O3. The van der Waals surface area contributed by atoms with Gasteiger partial charge in [-0.3, -0.25) is 14.5 Å². The molecule has 1 saturated heterocycles. The molecule has 5 nitrogen and oxygen atoms in total. The van der Waals surface area contributed by atoms with Crippen molar-refractivity contribution in [2.45, 2.75) is 25.8 Å². The van der Waals surface area contributed by atoms with Gasteiger partial charge in [-0.25, -0.2) is 0 Å². The van der Waals surface area contributed by atoms with Crippen molar-refractivity contribution in [1.82, 2.24) is 5.32 Å². The van der Waals surface area contributed by atoms with Gasteiger partial charge in [0, 0.05) is 10.5 Å². The van der Waals surface area contributed by atoms with Crippen LogP contribution in [0.15, 0.2) is 22.7 Å². The molecule has 0 aromatic heterocycles. The minimum atomic E-state index is -0.863. The normalized spacial score (nSPS) is 22.7. The van der Waals surface area contributed by atoms with Crippen LogP contribution in [0.5, 0.6) is 5.75 Å².